The van der Waals surface area contributed by atoms with Crippen LogP contribution >= 0.6 is 0 Å². The zero-order valence-electron chi connectivity index (χ0n) is 6.44. The van der Waals surface area contributed by atoms with Gasteiger partial charge in [0.15, 0.2) is 5.65 Å². The molecule has 0 unspecified atom stereocenters. The quantitative estimate of drug-likeness (QED) is 0.551. The van der Waals surface area contributed by atoms with E-state index in [2.05, 4.69) is 15.2 Å². The lowest BCUT2D eigenvalue weighted by atomic mass is 10.5. The monoisotopic (exact) mass is 148 g/mol. The zero-order valence-corrected chi connectivity index (χ0v) is 6.44. The van der Waals surface area contributed by atoms with E-state index < -0.39 is 0 Å². The summed E-state index contributed by atoms with van der Waals surface area (Å²) in [6.07, 6.45) is 1.65. The van der Waals surface area contributed by atoms with Gasteiger partial charge in [-0.05, 0) is 13.0 Å². The van der Waals surface area contributed by atoms with Crippen LogP contribution in [0.3, 0.4) is 0 Å². The van der Waals surface area contributed by atoms with Crippen molar-refractivity contribution in [2.75, 3.05) is 0 Å². The van der Waals surface area contributed by atoms with Gasteiger partial charge in [0.2, 0.25) is 0 Å². The highest BCUT2D eigenvalue weighted by atomic mass is 15.2. The third-order valence-corrected chi connectivity index (χ3v) is 1.77. The topological polar surface area (TPSA) is 43.6 Å². The Labute approximate surface area is 63.9 Å². The largest absolute Gasteiger partial charge is 0.315 e. The van der Waals surface area contributed by atoms with Crippen molar-refractivity contribution >= 4 is 11.2 Å². The van der Waals surface area contributed by atoms with Gasteiger partial charge < -0.3 is 4.57 Å². The van der Waals surface area contributed by atoms with Crippen LogP contribution in [0.4, 0.5) is 0 Å². The van der Waals surface area contributed by atoms with E-state index in [4.69, 9.17) is 0 Å². The van der Waals surface area contributed by atoms with Gasteiger partial charge in [0.25, 0.3) is 0 Å². The molecule has 0 aromatic carbocycles. The Kier molecular flexibility index (Phi) is 1.15. The normalized spacial score (nSPS) is 10.7. The average molecular weight is 148 g/mol. The minimum atomic E-state index is 0.838. The Hall–Kier alpha value is -1.45. The molecule has 0 aliphatic heterocycles. The maximum atomic E-state index is 4.27. The molecule has 0 amide bonds. The Morgan fingerprint density at radius 1 is 1.45 bits per heavy atom. The molecule has 2 rings (SSSR count). The number of hydrogen-bond donors (Lipinski definition) is 0. The molecule has 0 saturated carbocycles. The van der Waals surface area contributed by atoms with E-state index in [1.165, 1.54) is 0 Å². The van der Waals surface area contributed by atoms with Crippen molar-refractivity contribution in [1.29, 1.82) is 0 Å². The van der Waals surface area contributed by atoms with Crippen LogP contribution in [0, 0.1) is 6.92 Å². The molecule has 0 aliphatic rings. The molecule has 0 radical (unpaired) electrons. The van der Waals surface area contributed by atoms with Crippen LogP contribution in [-0.2, 0) is 7.05 Å². The van der Waals surface area contributed by atoms with Crippen LogP contribution in [0.5, 0.6) is 0 Å². The van der Waals surface area contributed by atoms with Gasteiger partial charge in [-0.3, -0.25) is 0 Å². The standard InChI is InChI=1S/C7H8N4/c1-5-9-6-3-4-8-10-7(6)11(5)2/h3-4H,1-2H3. The number of rotatable bonds is 0. The zero-order chi connectivity index (χ0) is 7.84. The maximum Gasteiger partial charge on any atom is 0.182 e. The first kappa shape index (κ1) is 6.27. The smallest absolute Gasteiger partial charge is 0.182 e. The third kappa shape index (κ3) is 0.790. The summed E-state index contributed by atoms with van der Waals surface area (Å²) in [7, 11) is 1.93. The molecule has 2 heterocycles. The summed E-state index contributed by atoms with van der Waals surface area (Å²) in [5, 5.41) is 7.73. The summed E-state index contributed by atoms with van der Waals surface area (Å²) in [5.41, 5.74) is 1.74. The van der Waals surface area contributed by atoms with E-state index >= 15 is 0 Å². The molecule has 2 aromatic rings. The lowest BCUT2D eigenvalue weighted by Gasteiger charge is -1.91. The molecule has 0 saturated heterocycles. The number of aryl methyl sites for hydroxylation is 2. The molecular weight excluding hydrogens is 140 g/mol. The van der Waals surface area contributed by atoms with Crippen molar-refractivity contribution in [3.05, 3.63) is 18.1 Å². The Morgan fingerprint density at radius 3 is 3.00 bits per heavy atom. The summed E-state index contributed by atoms with van der Waals surface area (Å²) >= 11 is 0. The highest BCUT2D eigenvalue weighted by Gasteiger charge is 2.02. The Bertz CT molecular complexity index is 390. The Balaban J connectivity index is 2.92. The molecule has 0 fully saturated rings. The fourth-order valence-corrected chi connectivity index (χ4v) is 1.05. The summed E-state index contributed by atoms with van der Waals surface area (Å²) < 4.78 is 1.92. The molecular formula is C7H8N4. The van der Waals surface area contributed by atoms with Crippen molar-refractivity contribution in [3.63, 3.8) is 0 Å². The average Bonchev–Trinajstić information content (AvgIpc) is 2.30. The summed E-state index contributed by atoms with van der Waals surface area (Å²) in [5.74, 6) is 0.959. The van der Waals surface area contributed by atoms with Gasteiger partial charge in [-0.1, -0.05) is 0 Å². The van der Waals surface area contributed by atoms with Crippen molar-refractivity contribution in [2.45, 2.75) is 6.92 Å². The number of imidazole rings is 1. The first-order chi connectivity index (χ1) is 5.29. The SMILES string of the molecule is Cc1nc2ccnnc2n1C. The maximum absolute atomic E-state index is 4.27. The molecule has 0 aliphatic carbocycles. The van der Waals surface area contributed by atoms with Crippen molar-refractivity contribution < 1.29 is 0 Å². The number of aromatic nitrogens is 4. The molecule has 0 spiro atoms. The summed E-state index contributed by atoms with van der Waals surface area (Å²) in [6, 6.07) is 1.86. The van der Waals surface area contributed by atoms with Gasteiger partial charge in [0, 0.05) is 7.05 Å². The first-order valence-electron chi connectivity index (χ1n) is 3.40. The molecule has 4 nitrogen and oxygen atoms in total. The van der Waals surface area contributed by atoms with Gasteiger partial charge >= 0.3 is 0 Å². The van der Waals surface area contributed by atoms with Gasteiger partial charge in [0.05, 0.1) is 6.20 Å². The highest BCUT2D eigenvalue weighted by molar-refractivity contribution is 5.70. The summed E-state index contributed by atoms with van der Waals surface area (Å²) in [6.45, 7) is 1.95. The van der Waals surface area contributed by atoms with Crippen molar-refractivity contribution in [1.82, 2.24) is 19.7 Å². The first-order valence-corrected chi connectivity index (χ1v) is 3.40. The molecule has 11 heavy (non-hydrogen) atoms. The van der Waals surface area contributed by atoms with Crippen LogP contribution in [-0.4, -0.2) is 19.7 Å². The molecule has 0 atom stereocenters. The predicted molar refractivity (Wildman–Crippen MR) is 41.0 cm³/mol. The minimum Gasteiger partial charge on any atom is -0.315 e. The lowest BCUT2D eigenvalue weighted by molar-refractivity contribution is 0.860. The fraction of sp³-hybridized carbons (Fsp3) is 0.286. The summed E-state index contributed by atoms with van der Waals surface area (Å²) in [4.78, 5) is 4.27. The van der Waals surface area contributed by atoms with Crippen LogP contribution in [0.1, 0.15) is 5.82 Å². The van der Waals surface area contributed by atoms with E-state index in [-0.39, 0.29) is 0 Å². The molecule has 4 heteroatoms. The van der Waals surface area contributed by atoms with E-state index in [1.807, 2.05) is 24.6 Å². The van der Waals surface area contributed by atoms with Gasteiger partial charge in [-0.15, -0.1) is 5.10 Å². The second-order valence-corrected chi connectivity index (χ2v) is 2.46. The van der Waals surface area contributed by atoms with E-state index in [9.17, 15) is 0 Å². The number of fused-ring (bicyclic) bond motifs is 1. The molecule has 2 aromatic heterocycles. The second kappa shape index (κ2) is 2.02. The Morgan fingerprint density at radius 2 is 2.27 bits per heavy atom. The second-order valence-electron chi connectivity index (χ2n) is 2.46. The molecule has 56 valence electrons. The highest BCUT2D eigenvalue weighted by Crippen LogP contribution is 2.08. The van der Waals surface area contributed by atoms with Crippen LogP contribution < -0.4 is 0 Å². The van der Waals surface area contributed by atoms with Gasteiger partial charge in [-0.25, -0.2) is 4.98 Å². The van der Waals surface area contributed by atoms with E-state index in [0.717, 1.165) is 17.0 Å². The lowest BCUT2D eigenvalue weighted by Crippen LogP contribution is -1.92. The van der Waals surface area contributed by atoms with E-state index in [0.29, 0.717) is 0 Å². The number of nitrogens with zero attached hydrogens (tertiary/aromatic N) is 4. The van der Waals surface area contributed by atoms with Crippen molar-refractivity contribution in [2.24, 2.45) is 7.05 Å². The number of hydrogen-bond acceptors (Lipinski definition) is 3. The van der Waals surface area contributed by atoms with Crippen molar-refractivity contribution in [3.8, 4) is 0 Å². The molecule has 0 bridgehead atoms. The van der Waals surface area contributed by atoms with Crippen LogP contribution in [0.2, 0.25) is 0 Å². The predicted octanol–water partition coefficient (Wildman–Crippen LogP) is 0.672. The van der Waals surface area contributed by atoms with Gasteiger partial charge in [-0.2, -0.15) is 5.10 Å². The van der Waals surface area contributed by atoms with Crippen LogP contribution in [0.15, 0.2) is 12.3 Å². The van der Waals surface area contributed by atoms with Gasteiger partial charge in [0.1, 0.15) is 11.3 Å². The molecule has 0 N–H and O–H groups in total. The van der Waals surface area contributed by atoms with Crippen LogP contribution in [0.25, 0.3) is 11.2 Å². The third-order valence-electron chi connectivity index (χ3n) is 1.77. The minimum absolute atomic E-state index is 0.838. The fourth-order valence-electron chi connectivity index (χ4n) is 1.05. The van der Waals surface area contributed by atoms with E-state index in [1.54, 1.807) is 6.20 Å².